The highest BCUT2D eigenvalue weighted by atomic mass is 19.1. The average molecular weight is 401 g/mol. The van der Waals surface area contributed by atoms with E-state index in [1.54, 1.807) is 6.07 Å². The maximum Gasteiger partial charge on any atom is 0.136 e. The number of aromatic nitrogens is 2. The van der Waals surface area contributed by atoms with Gasteiger partial charge in [-0.05, 0) is 31.9 Å². The number of aliphatic hydroxyl groups is 1. The Kier molecular flexibility index (Phi) is 7.56. The first-order valence-electron chi connectivity index (χ1n) is 10.7. The second-order valence-electron chi connectivity index (χ2n) is 8.01. The Morgan fingerprint density at radius 2 is 1.83 bits per heavy atom. The van der Waals surface area contributed by atoms with Gasteiger partial charge in [-0.3, -0.25) is 4.90 Å². The summed E-state index contributed by atoms with van der Waals surface area (Å²) in [7, 11) is 0. The zero-order chi connectivity index (χ0) is 20.8. The highest BCUT2D eigenvalue weighted by molar-refractivity contribution is 5.51. The summed E-state index contributed by atoms with van der Waals surface area (Å²) in [5.74, 6) is 1.47. The van der Waals surface area contributed by atoms with E-state index < -0.39 is 0 Å². The Morgan fingerprint density at radius 1 is 1.10 bits per heavy atom. The Balaban J connectivity index is 1.72. The average Bonchev–Trinajstić information content (AvgIpc) is 2.70. The lowest BCUT2D eigenvalue weighted by Crippen LogP contribution is -2.49. The molecule has 1 N–H and O–H groups in total. The van der Waals surface area contributed by atoms with Crippen molar-refractivity contribution in [3.05, 3.63) is 52.7 Å². The van der Waals surface area contributed by atoms with Crippen molar-refractivity contribution in [3.8, 4) is 0 Å². The van der Waals surface area contributed by atoms with Crippen LogP contribution in [0.5, 0.6) is 0 Å². The Hall–Kier alpha value is -2.05. The van der Waals surface area contributed by atoms with Gasteiger partial charge in [-0.25, -0.2) is 14.4 Å². The van der Waals surface area contributed by atoms with Crippen LogP contribution in [0, 0.1) is 19.7 Å². The molecular formula is C23H33FN4O. The molecule has 5 nitrogen and oxygen atoms in total. The van der Waals surface area contributed by atoms with Crippen LogP contribution in [0.2, 0.25) is 0 Å². The molecule has 2 heterocycles. The molecule has 1 fully saturated rings. The van der Waals surface area contributed by atoms with Crippen molar-refractivity contribution in [2.75, 3.05) is 37.6 Å². The number of β-amino-alcohol motifs (C(OH)–C–C–N with tert-alkyl or cyclic N) is 1. The van der Waals surface area contributed by atoms with Crippen molar-refractivity contribution >= 4 is 5.82 Å². The van der Waals surface area contributed by atoms with Crippen LogP contribution >= 0.6 is 0 Å². The van der Waals surface area contributed by atoms with Crippen molar-refractivity contribution in [2.24, 2.45) is 0 Å². The van der Waals surface area contributed by atoms with Gasteiger partial charge in [0, 0.05) is 50.4 Å². The summed E-state index contributed by atoms with van der Waals surface area (Å²) < 4.78 is 14.2. The first kappa shape index (κ1) is 21.7. The van der Waals surface area contributed by atoms with Gasteiger partial charge in [-0.15, -0.1) is 0 Å². The standard InChI is InChI=1S/C23H33FN4O/c1-4-5-9-20(29)16-27-11-13-28(14-12-27)23-21(17(2)25-18(3)26-23)15-19-8-6-7-10-22(19)24/h6-8,10,20,29H,4-5,9,11-16H2,1-3H3/t20-/m0/s1. The molecule has 0 bridgehead atoms. The fraction of sp³-hybridized carbons (Fsp3) is 0.565. The molecule has 3 rings (SSSR count). The number of piperazine rings is 1. The summed E-state index contributed by atoms with van der Waals surface area (Å²) in [5.41, 5.74) is 2.58. The molecular weight excluding hydrogens is 367 g/mol. The maximum atomic E-state index is 14.2. The first-order valence-corrected chi connectivity index (χ1v) is 10.7. The monoisotopic (exact) mass is 400 g/mol. The van der Waals surface area contributed by atoms with Crippen molar-refractivity contribution in [1.82, 2.24) is 14.9 Å². The van der Waals surface area contributed by atoms with Crippen molar-refractivity contribution in [1.29, 1.82) is 0 Å². The minimum atomic E-state index is -0.248. The molecule has 1 atom stereocenters. The number of unbranched alkanes of at least 4 members (excludes halogenated alkanes) is 1. The molecule has 0 saturated carbocycles. The van der Waals surface area contributed by atoms with Crippen LogP contribution in [-0.4, -0.2) is 58.8 Å². The zero-order valence-corrected chi connectivity index (χ0v) is 17.9. The Bertz CT molecular complexity index is 805. The summed E-state index contributed by atoms with van der Waals surface area (Å²) in [6.07, 6.45) is 3.29. The third-order valence-electron chi connectivity index (χ3n) is 5.66. The van der Waals surface area contributed by atoms with Crippen molar-refractivity contribution in [3.63, 3.8) is 0 Å². The van der Waals surface area contributed by atoms with Crippen LogP contribution in [0.25, 0.3) is 0 Å². The van der Waals surface area contributed by atoms with Crippen LogP contribution in [0.3, 0.4) is 0 Å². The largest absolute Gasteiger partial charge is 0.392 e. The first-order chi connectivity index (χ1) is 14.0. The number of hydrogen-bond acceptors (Lipinski definition) is 5. The molecule has 158 valence electrons. The molecule has 0 amide bonds. The number of anilines is 1. The fourth-order valence-electron chi connectivity index (χ4n) is 3.99. The van der Waals surface area contributed by atoms with E-state index in [0.717, 1.165) is 74.9 Å². The lowest BCUT2D eigenvalue weighted by Gasteiger charge is -2.37. The summed E-state index contributed by atoms with van der Waals surface area (Å²) >= 11 is 0. The van der Waals surface area contributed by atoms with Gasteiger partial charge in [0.2, 0.25) is 0 Å². The summed E-state index contributed by atoms with van der Waals surface area (Å²) in [6, 6.07) is 6.91. The minimum Gasteiger partial charge on any atom is -0.392 e. The Labute approximate surface area is 173 Å². The van der Waals surface area contributed by atoms with Crippen LogP contribution in [0.1, 0.15) is 48.8 Å². The van der Waals surface area contributed by atoms with Crippen LogP contribution in [0.15, 0.2) is 24.3 Å². The van der Waals surface area contributed by atoms with E-state index >= 15 is 0 Å². The van der Waals surface area contributed by atoms with Gasteiger partial charge in [0.25, 0.3) is 0 Å². The molecule has 2 aromatic rings. The fourth-order valence-corrected chi connectivity index (χ4v) is 3.99. The quantitative estimate of drug-likeness (QED) is 0.735. The molecule has 0 aliphatic carbocycles. The number of nitrogens with zero attached hydrogens (tertiary/aromatic N) is 4. The third kappa shape index (κ3) is 5.73. The molecule has 29 heavy (non-hydrogen) atoms. The second-order valence-corrected chi connectivity index (χ2v) is 8.01. The van der Waals surface area contributed by atoms with E-state index in [4.69, 9.17) is 4.98 Å². The smallest absolute Gasteiger partial charge is 0.136 e. The van der Waals surface area contributed by atoms with E-state index in [-0.39, 0.29) is 11.9 Å². The molecule has 1 aliphatic rings. The maximum absolute atomic E-state index is 14.2. The molecule has 1 saturated heterocycles. The van der Waals surface area contributed by atoms with E-state index in [0.29, 0.717) is 12.0 Å². The van der Waals surface area contributed by atoms with E-state index in [1.165, 1.54) is 6.07 Å². The summed E-state index contributed by atoms with van der Waals surface area (Å²) in [5, 5.41) is 10.2. The number of aliphatic hydroxyl groups excluding tert-OH is 1. The number of rotatable bonds is 8. The lowest BCUT2D eigenvalue weighted by atomic mass is 10.0. The van der Waals surface area contributed by atoms with Gasteiger partial charge in [-0.2, -0.15) is 0 Å². The number of benzene rings is 1. The van der Waals surface area contributed by atoms with Gasteiger partial charge in [-0.1, -0.05) is 38.0 Å². The predicted molar refractivity (Wildman–Crippen MR) is 115 cm³/mol. The summed E-state index contributed by atoms with van der Waals surface area (Å²) in [4.78, 5) is 13.9. The van der Waals surface area contributed by atoms with Crippen molar-refractivity contribution in [2.45, 2.75) is 52.6 Å². The molecule has 1 aliphatic heterocycles. The molecule has 1 aromatic heterocycles. The molecule has 6 heteroatoms. The van der Waals surface area contributed by atoms with Gasteiger partial charge in [0.15, 0.2) is 0 Å². The molecule has 1 aromatic carbocycles. The van der Waals surface area contributed by atoms with Crippen LogP contribution in [-0.2, 0) is 6.42 Å². The highest BCUT2D eigenvalue weighted by Gasteiger charge is 2.23. The molecule has 0 unspecified atom stereocenters. The number of hydrogen-bond donors (Lipinski definition) is 1. The SMILES string of the molecule is CCCC[C@H](O)CN1CCN(c2nc(C)nc(C)c2Cc2ccccc2F)CC1. The second kappa shape index (κ2) is 10.1. The predicted octanol–water partition coefficient (Wildman–Crippen LogP) is 3.50. The third-order valence-corrected chi connectivity index (χ3v) is 5.66. The summed E-state index contributed by atoms with van der Waals surface area (Å²) in [6.45, 7) is 10.3. The van der Waals surface area contributed by atoms with E-state index in [2.05, 4.69) is 21.7 Å². The molecule has 0 spiro atoms. The number of aryl methyl sites for hydroxylation is 2. The minimum absolute atomic E-state index is 0.190. The van der Waals surface area contributed by atoms with Crippen molar-refractivity contribution < 1.29 is 9.50 Å². The van der Waals surface area contributed by atoms with E-state index in [9.17, 15) is 9.50 Å². The normalized spacial score (nSPS) is 16.2. The highest BCUT2D eigenvalue weighted by Crippen LogP contribution is 2.26. The Morgan fingerprint density at radius 3 is 2.52 bits per heavy atom. The zero-order valence-electron chi connectivity index (χ0n) is 17.9. The van der Waals surface area contributed by atoms with Crippen LogP contribution < -0.4 is 4.90 Å². The molecule has 0 radical (unpaired) electrons. The number of halogens is 1. The topological polar surface area (TPSA) is 52.5 Å². The van der Waals surface area contributed by atoms with Gasteiger partial charge in [0.05, 0.1) is 6.10 Å². The lowest BCUT2D eigenvalue weighted by molar-refractivity contribution is 0.100. The van der Waals surface area contributed by atoms with Crippen LogP contribution in [0.4, 0.5) is 10.2 Å². The van der Waals surface area contributed by atoms with E-state index in [1.807, 2.05) is 26.0 Å². The van der Waals surface area contributed by atoms with Gasteiger partial charge >= 0.3 is 0 Å². The van der Waals surface area contributed by atoms with Gasteiger partial charge < -0.3 is 10.0 Å². The van der Waals surface area contributed by atoms with Gasteiger partial charge in [0.1, 0.15) is 17.5 Å².